The van der Waals surface area contributed by atoms with Gasteiger partial charge in [0.05, 0.1) is 5.56 Å². The molecule has 0 unspecified atom stereocenters. The van der Waals surface area contributed by atoms with Crippen molar-refractivity contribution in [3.63, 3.8) is 0 Å². The fourth-order valence-corrected chi connectivity index (χ4v) is 3.74. The Hall–Kier alpha value is -4.15. The fraction of sp³-hybridized carbons (Fsp3) is 0.304. The molecule has 0 atom stereocenters. The van der Waals surface area contributed by atoms with E-state index in [2.05, 4.69) is 25.6 Å². The van der Waals surface area contributed by atoms with Crippen molar-refractivity contribution >= 4 is 11.4 Å². The van der Waals surface area contributed by atoms with E-state index in [1.807, 2.05) is 6.92 Å². The Bertz CT molecular complexity index is 1400. The third kappa shape index (κ3) is 4.49. The number of phenols is 1. The first-order valence-corrected chi connectivity index (χ1v) is 10.8. The number of hydrogen-bond donors (Lipinski definition) is 2. The molecule has 4 aromatic rings. The second-order valence-electron chi connectivity index (χ2n) is 7.79. The summed E-state index contributed by atoms with van der Waals surface area (Å²) in [5.74, 6) is -0.242. The van der Waals surface area contributed by atoms with Gasteiger partial charge in [-0.2, -0.15) is 9.60 Å². The third-order valence-electron chi connectivity index (χ3n) is 5.46. The average molecular weight is 466 g/mol. The zero-order valence-corrected chi connectivity index (χ0v) is 18.7. The minimum atomic E-state index is -0.743. The monoisotopic (exact) mass is 466 g/mol. The van der Waals surface area contributed by atoms with Crippen molar-refractivity contribution in [2.24, 2.45) is 0 Å². The van der Waals surface area contributed by atoms with Crippen LogP contribution in [0.2, 0.25) is 0 Å². The Balaban J connectivity index is 1.64. The van der Waals surface area contributed by atoms with Crippen molar-refractivity contribution in [1.82, 2.24) is 30.0 Å². The fourth-order valence-electron chi connectivity index (χ4n) is 3.74. The molecule has 0 fully saturated rings. The molecule has 176 valence electrons. The molecule has 0 aliphatic carbocycles. The summed E-state index contributed by atoms with van der Waals surface area (Å²) in [5, 5.41) is 24.0. The van der Waals surface area contributed by atoms with Gasteiger partial charge in [-0.05, 0) is 44.0 Å². The van der Waals surface area contributed by atoms with Gasteiger partial charge < -0.3 is 9.84 Å². The van der Waals surface area contributed by atoms with E-state index in [-0.39, 0.29) is 35.8 Å². The smallest absolute Gasteiger partial charge is 0.263 e. The van der Waals surface area contributed by atoms with Gasteiger partial charge in [-0.15, -0.1) is 10.2 Å². The number of aromatic hydroxyl groups is 1. The summed E-state index contributed by atoms with van der Waals surface area (Å²) in [4.78, 5) is 29.0. The van der Waals surface area contributed by atoms with E-state index in [9.17, 15) is 19.1 Å². The largest absolute Gasteiger partial charge is 0.507 e. The number of nitrogens with zero attached hydrogens (tertiary/aromatic N) is 5. The average Bonchev–Trinajstić information content (AvgIpc) is 3.33. The van der Waals surface area contributed by atoms with Crippen LogP contribution in [0.15, 0.2) is 35.3 Å². The standard InChI is InChI=1S/C23H23FN6O4/c1-3-4-17-18(8-7-16(13(2)31)21(17)32)34-12-15-5-9-19(24)30-22(15)25-11-14(23(30)33)6-10-20-26-28-29-27-20/h5,7-9,11,32H,3-4,6,10,12H2,1-2H3,(H,26,27,28,29). The third-order valence-corrected chi connectivity index (χ3v) is 5.46. The summed E-state index contributed by atoms with van der Waals surface area (Å²) in [6.07, 6.45) is 3.28. The number of benzene rings is 1. The number of fused-ring (bicyclic) bond motifs is 1. The van der Waals surface area contributed by atoms with Gasteiger partial charge in [-0.25, -0.2) is 9.38 Å². The number of ketones is 1. The molecule has 0 saturated heterocycles. The normalized spacial score (nSPS) is 11.1. The van der Waals surface area contributed by atoms with Crippen molar-refractivity contribution in [1.29, 1.82) is 0 Å². The highest BCUT2D eigenvalue weighted by Crippen LogP contribution is 2.33. The SMILES string of the molecule is CCCc1c(OCc2ccc(F)n3c(=O)c(CCc4nn[nH]n4)cnc23)ccc(C(C)=O)c1O. The summed E-state index contributed by atoms with van der Waals surface area (Å²) < 4.78 is 21.4. The van der Waals surface area contributed by atoms with Gasteiger partial charge in [0.25, 0.3) is 5.56 Å². The lowest BCUT2D eigenvalue weighted by Gasteiger charge is -2.15. The number of tetrazole rings is 1. The van der Waals surface area contributed by atoms with E-state index < -0.39 is 11.5 Å². The number of carbonyl (C=O) groups excluding carboxylic acids is 1. The van der Waals surface area contributed by atoms with Gasteiger partial charge >= 0.3 is 0 Å². The molecule has 0 aliphatic heterocycles. The number of pyridine rings is 1. The van der Waals surface area contributed by atoms with Crippen LogP contribution in [0.3, 0.4) is 0 Å². The number of nitrogens with one attached hydrogen (secondary N) is 1. The van der Waals surface area contributed by atoms with Gasteiger partial charge in [0, 0.05) is 29.3 Å². The zero-order valence-electron chi connectivity index (χ0n) is 18.7. The Morgan fingerprint density at radius 1 is 1.18 bits per heavy atom. The highest BCUT2D eigenvalue weighted by atomic mass is 19.1. The lowest BCUT2D eigenvalue weighted by atomic mass is 10.0. The molecule has 10 nitrogen and oxygen atoms in total. The molecule has 0 bridgehead atoms. The van der Waals surface area contributed by atoms with Crippen LogP contribution in [0.1, 0.15) is 53.1 Å². The Labute approximate surface area is 193 Å². The Morgan fingerprint density at radius 3 is 2.71 bits per heavy atom. The lowest BCUT2D eigenvalue weighted by Crippen LogP contribution is -2.23. The molecule has 2 N–H and O–H groups in total. The highest BCUT2D eigenvalue weighted by molar-refractivity contribution is 5.97. The first-order chi connectivity index (χ1) is 16.4. The van der Waals surface area contributed by atoms with E-state index >= 15 is 0 Å². The van der Waals surface area contributed by atoms with Gasteiger partial charge in [0.1, 0.15) is 23.8 Å². The van der Waals surface area contributed by atoms with Gasteiger partial charge in [0.15, 0.2) is 11.6 Å². The highest BCUT2D eigenvalue weighted by Gasteiger charge is 2.18. The zero-order chi connectivity index (χ0) is 24.2. The molecule has 0 amide bonds. The number of rotatable bonds is 9. The van der Waals surface area contributed by atoms with Crippen LogP contribution in [-0.4, -0.2) is 40.9 Å². The van der Waals surface area contributed by atoms with Crippen LogP contribution < -0.4 is 10.3 Å². The van der Waals surface area contributed by atoms with Crippen LogP contribution in [0.5, 0.6) is 11.5 Å². The van der Waals surface area contributed by atoms with Crippen LogP contribution in [0.25, 0.3) is 5.65 Å². The summed E-state index contributed by atoms with van der Waals surface area (Å²) in [7, 11) is 0. The lowest BCUT2D eigenvalue weighted by molar-refractivity contribution is 0.101. The summed E-state index contributed by atoms with van der Waals surface area (Å²) >= 11 is 0. The number of phenolic OH excluding ortho intramolecular Hbond substituents is 1. The second kappa shape index (κ2) is 9.77. The van der Waals surface area contributed by atoms with Crippen molar-refractivity contribution in [2.45, 2.75) is 46.1 Å². The number of ether oxygens (including phenoxy) is 1. The van der Waals surface area contributed by atoms with Crippen molar-refractivity contribution in [3.8, 4) is 11.5 Å². The molecule has 0 spiro atoms. The van der Waals surface area contributed by atoms with E-state index in [1.54, 1.807) is 6.07 Å². The van der Waals surface area contributed by atoms with Gasteiger partial charge in [-0.1, -0.05) is 18.6 Å². The predicted molar refractivity (Wildman–Crippen MR) is 119 cm³/mol. The summed E-state index contributed by atoms with van der Waals surface area (Å²) in [6.45, 7) is 3.31. The molecule has 3 heterocycles. The molecule has 0 saturated carbocycles. The topological polar surface area (TPSA) is 135 Å². The number of halogens is 1. The van der Waals surface area contributed by atoms with Crippen molar-refractivity contribution < 1.29 is 19.0 Å². The molecule has 34 heavy (non-hydrogen) atoms. The Kier molecular flexibility index (Phi) is 6.62. The van der Waals surface area contributed by atoms with Crippen LogP contribution in [-0.2, 0) is 25.9 Å². The van der Waals surface area contributed by atoms with E-state index in [4.69, 9.17) is 4.74 Å². The number of aryl methyl sites for hydroxylation is 2. The predicted octanol–water partition coefficient (Wildman–Crippen LogP) is 2.57. The maximum Gasteiger partial charge on any atom is 0.263 e. The second-order valence-corrected chi connectivity index (χ2v) is 7.79. The molecule has 1 aromatic carbocycles. The summed E-state index contributed by atoms with van der Waals surface area (Å²) in [5.41, 5.74) is 1.16. The van der Waals surface area contributed by atoms with E-state index in [1.165, 1.54) is 31.3 Å². The number of aromatic nitrogens is 6. The number of H-pyrrole nitrogens is 1. The maximum absolute atomic E-state index is 14.6. The van der Waals surface area contributed by atoms with Gasteiger partial charge in [-0.3, -0.25) is 9.59 Å². The van der Waals surface area contributed by atoms with Crippen LogP contribution >= 0.6 is 0 Å². The summed E-state index contributed by atoms with van der Waals surface area (Å²) in [6, 6.07) is 5.82. The van der Waals surface area contributed by atoms with E-state index in [0.717, 1.165) is 10.8 Å². The first-order valence-electron chi connectivity index (χ1n) is 10.8. The molecular formula is C23H23FN6O4. The van der Waals surface area contributed by atoms with E-state index in [0.29, 0.717) is 41.1 Å². The molecule has 3 aromatic heterocycles. The minimum Gasteiger partial charge on any atom is -0.507 e. The van der Waals surface area contributed by atoms with Crippen molar-refractivity contribution in [2.75, 3.05) is 0 Å². The quantitative estimate of drug-likeness (QED) is 0.284. The number of carbonyl (C=O) groups is 1. The molecular weight excluding hydrogens is 443 g/mol. The number of Topliss-reactive ketones (excluding diaryl/α,β-unsaturated/α-hetero) is 1. The van der Waals surface area contributed by atoms with Crippen LogP contribution in [0.4, 0.5) is 4.39 Å². The first kappa shape index (κ1) is 23.0. The maximum atomic E-state index is 14.6. The molecule has 11 heteroatoms. The minimum absolute atomic E-state index is 0.0198. The Morgan fingerprint density at radius 2 is 2.00 bits per heavy atom. The number of hydrogen-bond acceptors (Lipinski definition) is 8. The molecule has 0 aliphatic rings. The molecule has 4 rings (SSSR count). The molecule has 0 radical (unpaired) electrons. The number of aromatic amines is 1. The van der Waals surface area contributed by atoms with Gasteiger partial charge in [0.2, 0.25) is 5.95 Å². The van der Waals surface area contributed by atoms with Crippen LogP contribution in [0, 0.1) is 5.95 Å². The van der Waals surface area contributed by atoms with Crippen molar-refractivity contribution in [3.05, 3.63) is 74.8 Å².